The average Bonchev–Trinajstić information content (AvgIpc) is 3.92. The van der Waals surface area contributed by atoms with Gasteiger partial charge in [-0.05, 0) is 52.0 Å². The molecule has 0 N–H and O–H groups in total. The monoisotopic (exact) mass is 759 g/mol. The minimum absolute atomic E-state index is 0.735. The zero-order chi connectivity index (χ0) is 37.5. The van der Waals surface area contributed by atoms with Gasteiger partial charge < -0.3 is 4.57 Å². The van der Waals surface area contributed by atoms with Crippen LogP contribution in [0.3, 0.4) is 0 Å². The van der Waals surface area contributed by atoms with E-state index in [1.54, 1.807) is 0 Å². The molecule has 0 atom stereocenters. The smallest absolute Gasteiger partial charge is 0.185 e. The average molecular weight is 760 g/mol. The van der Waals surface area contributed by atoms with Crippen LogP contribution in [0.1, 0.15) is 0 Å². The maximum atomic E-state index is 5.65. The van der Waals surface area contributed by atoms with E-state index in [0.717, 1.165) is 34.0 Å². The molecule has 0 bridgehead atoms. The lowest BCUT2D eigenvalue weighted by atomic mass is 10.1. The Bertz CT molecular complexity index is 3310. The Kier molecular flexibility index (Phi) is 7.12. The van der Waals surface area contributed by atoms with Gasteiger partial charge in [-0.15, -0.1) is 11.3 Å². The third-order valence-electron chi connectivity index (χ3n) is 11.9. The molecule has 0 unspecified atom stereocenters. The SMILES string of the molecule is c1ccc(-c2nc(-c3cccc(-n4c5ccccc5c5cc6sc7ccccc7c6cc54)c3)c3c(n2)-c2ccccc2[Si]3(c2ccccc2)c2ccccc2)cc1. The normalized spacial score (nSPS) is 13.1. The molecule has 266 valence electrons. The number of para-hydroxylation sites is 1. The zero-order valence-electron chi connectivity index (χ0n) is 30.8. The Labute approximate surface area is 334 Å². The van der Waals surface area contributed by atoms with Gasteiger partial charge in [0, 0.05) is 58.5 Å². The molecule has 1 aliphatic rings. The van der Waals surface area contributed by atoms with Crippen LogP contribution < -0.4 is 20.7 Å². The van der Waals surface area contributed by atoms with Crippen molar-refractivity contribution in [2.24, 2.45) is 0 Å². The molecule has 11 aromatic rings. The molecule has 3 nitrogen and oxygen atoms in total. The zero-order valence-corrected chi connectivity index (χ0v) is 32.6. The lowest BCUT2D eigenvalue weighted by Gasteiger charge is -2.32. The summed E-state index contributed by atoms with van der Waals surface area (Å²) in [6.45, 7) is 0. The van der Waals surface area contributed by atoms with E-state index >= 15 is 0 Å². The highest BCUT2D eigenvalue weighted by atomic mass is 32.1. The quantitative estimate of drug-likeness (QED) is 0.164. The molecule has 5 heteroatoms. The number of nitrogens with zero attached hydrogens (tertiary/aromatic N) is 3. The van der Waals surface area contributed by atoms with Crippen LogP contribution >= 0.6 is 11.3 Å². The first kappa shape index (κ1) is 32.3. The van der Waals surface area contributed by atoms with Gasteiger partial charge in [0.15, 0.2) is 13.9 Å². The molecule has 1 aliphatic heterocycles. The Hall–Kier alpha value is -6.92. The molecule has 0 spiro atoms. The van der Waals surface area contributed by atoms with Crippen LogP contribution in [0, 0.1) is 0 Å². The Morgan fingerprint density at radius 3 is 1.84 bits per heavy atom. The summed E-state index contributed by atoms with van der Waals surface area (Å²) in [4.78, 5) is 11.2. The number of thiophene rings is 1. The second kappa shape index (κ2) is 12.5. The molecule has 8 aromatic carbocycles. The van der Waals surface area contributed by atoms with Crippen LogP contribution in [0.4, 0.5) is 0 Å². The number of fused-ring (bicyclic) bond motifs is 9. The van der Waals surface area contributed by atoms with Gasteiger partial charge in [0.25, 0.3) is 0 Å². The lowest BCUT2D eigenvalue weighted by Crippen LogP contribution is -2.73. The molecule has 0 saturated heterocycles. The lowest BCUT2D eigenvalue weighted by molar-refractivity contribution is 1.17. The first-order chi connectivity index (χ1) is 28.3. The number of rotatable bonds is 5. The van der Waals surface area contributed by atoms with Crippen molar-refractivity contribution < 1.29 is 0 Å². The van der Waals surface area contributed by atoms with Crippen molar-refractivity contribution in [3.8, 4) is 39.6 Å². The molecule has 12 rings (SSSR count). The van der Waals surface area contributed by atoms with Crippen molar-refractivity contribution in [3.05, 3.63) is 200 Å². The van der Waals surface area contributed by atoms with E-state index in [9.17, 15) is 0 Å². The van der Waals surface area contributed by atoms with Crippen LogP contribution in [0.15, 0.2) is 200 Å². The van der Waals surface area contributed by atoms with Gasteiger partial charge in [-0.25, -0.2) is 9.97 Å². The van der Waals surface area contributed by atoms with E-state index in [0.29, 0.717) is 0 Å². The van der Waals surface area contributed by atoms with E-state index < -0.39 is 8.07 Å². The van der Waals surface area contributed by atoms with E-state index in [1.807, 2.05) is 11.3 Å². The Morgan fingerprint density at radius 2 is 1.05 bits per heavy atom. The molecular formula is C52H33N3SSi. The molecule has 0 saturated carbocycles. The van der Waals surface area contributed by atoms with Crippen LogP contribution in [-0.2, 0) is 0 Å². The highest BCUT2D eigenvalue weighted by molar-refractivity contribution is 7.26. The molecule has 3 aromatic heterocycles. The number of benzene rings is 8. The fourth-order valence-electron chi connectivity index (χ4n) is 9.49. The van der Waals surface area contributed by atoms with Gasteiger partial charge in [0.2, 0.25) is 0 Å². The van der Waals surface area contributed by atoms with E-state index in [2.05, 4.69) is 205 Å². The van der Waals surface area contributed by atoms with Crippen molar-refractivity contribution in [1.29, 1.82) is 0 Å². The summed E-state index contributed by atoms with van der Waals surface area (Å²) in [7, 11) is -2.93. The summed E-state index contributed by atoms with van der Waals surface area (Å²) in [6, 6.07) is 73.1. The van der Waals surface area contributed by atoms with Gasteiger partial charge in [-0.1, -0.05) is 164 Å². The van der Waals surface area contributed by atoms with Gasteiger partial charge >= 0.3 is 0 Å². The summed E-state index contributed by atoms with van der Waals surface area (Å²) in [6.07, 6.45) is 0. The predicted molar refractivity (Wildman–Crippen MR) is 243 cm³/mol. The van der Waals surface area contributed by atoms with Crippen LogP contribution in [0.25, 0.3) is 81.6 Å². The second-order valence-electron chi connectivity index (χ2n) is 14.9. The van der Waals surface area contributed by atoms with Crippen LogP contribution in [-0.4, -0.2) is 22.6 Å². The number of hydrogen-bond donors (Lipinski definition) is 0. The molecule has 57 heavy (non-hydrogen) atoms. The van der Waals surface area contributed by atoms with Gasteiger partial charge in [0.1, 0.15) is 0 Å². The summed E-state index contributed by atoms with van der Waals surface area (Å²) >= 11 is 1.87. The minimum atomic E-state index is -2.93. The first-order valence-electron chi connectivity index (χ1n) is 19.4. The molecular weight excluding hydrogens is 727 g/mol. The standard InChI is InChI=1S/C52H33N3SSi/c1-4-17-34(18-5-1)52-53-49(51-50(54-52)41-27-12-15-30-48(41)57(51,37-21-6-2-7-22-37)38-23-8-3-9-24-38)35-19-16-20-36(31-35)55-44-28-13-10-25-39(44)42-33-47-43(32-45(42)55)40-26-11-14-29-46(40)56-47/h1-33H. The Morgan fingerprint density at radius 1 is 0.421 bits per heavy atom. The third-order valence-corrected chi connectivity index (χ3v) is 17.9. The third kappa shape index (κ3) is 4.70. The second-order valence-corrected chi connectivity index (χ2v) is 19.7. The highest BCUT2D eigenvalue weighted by Gasteiger charge is 2.51. The largest absolute Gasteiger partial charge is 0.309 e. The molecule has 0 fully saturated rings. The van der Waals surface area contributed by atoms with Gasteiger partial charge in [-0.2, -0.15) is 0 Å². The summed E-state index contributed by atoms with van der Waals surface area (Å²) in [5.74, 6) is 0.735. The van der Waals surface area contributed by atoms with Crippen molar-refractivity contribution in [2.75, 3.05) is 0 Å². The molecule has 0 radical (unpaired) electrons. The van der Waals surface area contributed by atoms with Crippen LogP contribution in [0.5, 0.6) is 0 Å². The van der Waals surface area contributed by atoms with E-state index in [-0.39, 0.29) is 0 Å². The number of aromatic nitrogens is 3. The van der Waals surface area contributed by atoms with Crippen LogP contribution in [0.2, 0.25) is 0 Å². The van der Waals surface area contributed by atoms with Gasteiger partial charge in [-0.3, -0.25) is 0 Å². The summed E-state index contributed by atoms with van der Waals surface area (Å²) < 4.78 is 5.08. The fourth-order valence-corrected chi connectivity index (χ4v) is 15.9. The van der Waals surface area contributed by atoms with E-state index in [1.165, 1.54) is 68.3 Å². The fraction of sp³-hybridized carbons (Fsp3) is 0. The summed E-state index contributed by atoms with van der Waals surface area (Å²) in [5, 5.41) is 10.4. The topological polar surface area (TPSA) is 30.7 Å². The molecule has 0 aliphatic carbocycles. The van der Waals surface area contributed by atoms with E-state index in [4.69, 9.17) is 9.97 Å². The minimum Gasteiger partial charge on any atom is -0.309 e. The Balaban J connectivity index is 1.18. The molecule has 0 amide bonds. The van der Waals surface area contributed by atoms with Crippen molar-refractivity contribution in [3.63, 3.8) is 0 Å². The maximum Gasteiger partial charge on any atom is 0.185 e. The van der Waals surface area contributed by atoms with Crippen molar-refractivity contribution in [1.82, 2.24) is 14.5 Å². The first-order valence-corrected chi connectivity index (χ1v) is 22.2. The molecule has 4 heterocycles. The van der Waals surface area contributed by atoms with Gasteiger partial charge in [0.05, 0.1) is 22.4 Å². The van der Waals surface area contributed by atoms with Crippen molar-refractivity contribution >= 4 is 82.1 Å². The van der Waals surface area contributed by atoms with Crippen molar-refractivity contribution in [2.45, 2.75) is 0 Å². The number of hydrogen-bond acceptors (Lipinski definition) is 3. The summed E-state index contributed by atoms with van der Waals surface area (Å²) in [5.41, 5.74) is 8.79. The predicted octanol–water partition coefficient (Wildman–Crippen LogP) is 10.6. The highest BCUT2D eigenvalue weighted by Crippen LogP contribution is 2.41. The maximum absolute atomic E-state index is 5.65.